The number of carbonyl (C=O) groups excluding carboxylic acids is 1. The lowest BCUT2D eigenvalue weighted by Crippen LogP contribution is -2.50. The molecule has 0 bridgehead atoms. The number of rotatable bonds is 1. The maximum Gasteiger partial charge on any atom is 0.316 e. The van der Waals surface area contributed by atoms with Crippen molar-refractivity contribution in [1.29, 1.82) is 0 Å². The smallest absolute Gasteiger partial charge is 0.316 e. The van der Waals surface area contributed by atoms with Gasteiger partial charge in [-0.15, -0.1) is 0 Å². The minimum atomic E-state index is -0.246. The molecule has 0 unspecified atom stereocenters. The van der Waals surface area contributed by atoms with E-state index >= 15 is 0 Å². The second kappa shape index (κ2) is 4.58. The van der Waals surface area contributed by atoms with Crippen molar-refractivity contribution in [2.45, 2.75) is 44.6 Å². The van der Waals surface area contributed by atoms with Crippen LogP contribution < -0.4 is 0 Å². The quantitative estimate of drug-likeness (QED) is 0.708. The SMILES string of the molecule is O=C1O[C@@H](c2ccc(Cl)cc2)C12CCCCCC2. The molecule has 1 saturated heterocycles. The number of esters is 1. The first kappa shape index (κ1) is 12.0. The number of hydrogen-bond donors (Lipinski definition) is 0. The first-order valence-electron chi connectivity index (χ1n) is 6.69. The molecule has 1 atom stereocenters. The van der Waals surface area contributed by atoms with Crippen LogP contribution in [0.5, 0.6) is 0 Å². The molecular weight excluding hydrogens is 248 g/mol. The van der Waals surface area contributed by atoms with Crippen LogP contribution >= 0.6 is 11.6 Å². The molecule has 2 aliphatic rings. The van der Waals surface area contributed by atoms with Crippen molar-refractivity contribution in [3.05, 3.63) is 34.9 Å². The molecule has 1 aromatic rings. The molecule has 2 nitrogen and oxygen atoms in total. The maximum absolute atomic E-state index is 12.0. The Morgan fingerprint density at radius 1 is 1.06 bits per heavy atom. The van der Waals surface area contributed by atoms with E-state index in [1.807, 2.05) is 24.3 Å². The molecule has 0 amide bonds. The normalized spacial score (nSPS) is 26.3. The molecule has 0 radical (unpaired) electrons. The van der Waals surface area contributed by atoms with Gasteiger partial charge < -0.3 is 4.74 Å². The van der Waals surface area contributed by atoms with E-state index in [1.54, 1.807) is 0 Å². The topological polar surface area (TPSA) is 26.3 Å². The van der Waals surface area contributed by atoms with Gasteiger partial charge in [-0.05, 0) is 30.5 Å². The average Bonchev–Trinajstić information content (AvgIpc) is 2.65. The third kappa shape index (κ3) is 1.83. The predicted molar refractivity (Wildman–Crippen MR) is 70.4 cm³/mol. The molecule has 1 heterocycles. The Hall–Kier alpha value is -1.02. The van der Waals surface area contributed by atoms with Crippen molar-refractivity contribution in [2.75, 3.05) is 0 Å². The number of ether oxygens (including phenoxy) is 1. The van der Waals surface area contributed by atoms with Crippen molar-refractivity contribution in [3.63, 3.8) is 0 Å². The summed E-state index contributed by atoms with van der Waals surface area (Å²) in [7, 11) is 0. The van der Waals surface area contributed by atoms with Crippen molar-refractivity contribution in [1.82, 2.24) is 0 Å². The Kier molecular flexibility index (Phi) is 3.06. The van der Waals surface area contributed by atoms with Crippen LogP contribution in [-0.2, 0) is 9.53 Å². The fourth-order valence-electron chi connectivity index (χ4n) is 3.24. The molecule has 1 aliphatic heterocycles. The number of cyclic esters (lactones) is 1. The summed E-state index contributed by atoms with van der Waals surface area (Å²) in [6.07, 6.45) is 6.64. The van der Waals surface area contributed by atoms with Crippen LogP contribution in [0.4, 0.5) is 0 Å². The molecule has 3 rings (SSSR count). The number of halogens is 1. The predicted octanol–water partition coefficient (Wildman–Crippen LogP) is 4.28. The van der Waals surface area contributed by atoms with Crippen molar-refractivity contribution in [3.8, 4) is 0 Å². The highest BCUT2D eigenvalue weighted by atomic mass is 35.5. The fraction of sp³-hybridized carbons (Fsp3) is 0.533. The minimum absolute atomic E-state index is 0.00403. The lowest BCUT2D eigenvalue weighted by Gasteiger charge is -2.47. The van der Waals surface area contributed by atoms with E-state index < -0.39 is 0 Å². The third-order valence-electron chi connectivity index (χ3n) is 4.30. The molecule has 0 N–H and O–H groups in total. The van der Waals surface area contributed by atoms with Crippen molar-refractivity contribution >= 4 is 17.6 Å². The number of benzene rings is 1. The molecule has 18 heavy (non-hydrogen) atoms. The first-order chi connectivity index (χ1) is 8.72. The van der Waals surface area contributed by atoms with Crippen molar-refractivity contribution in [2.24, 2.45) is 5.41 Å². The van der Waals surface area contributed by atoms with Gasteiger partial charge in [0.05, 0.1) is 0 Å². The number of carbonyl (C=O) groups is 1. The summed E-state index contributed by atoms with van der Waals surface area (Å²) in [5.41, 5.74) is 0.838. The van der Waals surface area contributed by atoms with Gasteiger partial charge in [0.25, 0.3) is 0 Å². The molecule has 1 aromatic carbocycles. The standard InChI is InChI=1S/C15H17ClO2/c16-12-7-5-11(6-8-12)13-15(14(17)18-13)9-3-1-2-4-10-15/h5-8,13H,1-4,9-10H2/t13-/m0/s1. The molecule has 1 spiro atoms. The van der Waals surface area contributed by atoms with E-state index in [4.69, 9.17) is 16.3 Å². The molecular formula is C15H17ClO2. The molecule has 2 fully saturated rings. The summed E-state index contributed by atoms with van der Waals surface area (Å²) in [6.45, 7) is 0. The largest absolute Gasteiger partial charge is 0.456 e. The van der Waals surface area contributed by atoms with E-state index in [0.29, 0.717) is 0 Å². The monoisotopic (exact) mass is 264 g/mol. The Morgan fingerprint density at radius 2 is 1.67 bits per heavy atom. The Labute approximate surface area is 112 Å². The van der Waals surface area contributed by atoms with Crippen LogP contribution in [0, 0.1) is 5.41 Å². The number of hydrogen-bond acceptors (Lipinski definition) is 2. The van der Waals surface area contributed by atoms with Gasteiger partial charge in [-0.25, -0.2) is 0 Å². The lowest BCUT2D eigenvalue weighted by atomic mass is 9.69. The summed E-state index contributed by atoms with van der Waals surface area (Å²) in [6, 6.07) is 7.69. The Balaban J connectivity index is 1.88. The average molecular weight is 265 g/mol. The van der Waals surface area contributed by atoms with Gasteiger partial charge in [0.1, 0.15) is 11.5 Å². The van der Waals surface area contributed by atoms with Gasteiger partial charge in [0.15, 0.2) is 0 Å². The maximum atomic E-state index is 12.0. The summed E-state index contributed by atoms with van der Waals surface area (Å²) in [5, 5.41) is 0.722. The summed E-state index contributed by atoms with van der Waals surface area (Å²) < 4.78 is 5.43. The van der Waals surface area contributed by atoms with E-state index in [-0.39, 0.29) is 17.5 Å². The second-order valence-corrected chi connectivity index (χ2v) is 5.84. The second-order valence-electron chi connectivity index (χ2n) is 5.41. The van der Waals surface area contributed by atoms with E-state index in [9.17, 15) is 4.79 Å². The molecule has 96 valence electrons. The molecule has 3 heteroatoms. The van der Waals surface area contributed by atoms with Gasteiger partial charge in [0, 0.05) is 5.02 Å². The van der Waals surface area contributed by atoms with Crippen LogP contribution in [0.1, 0.15) is 50.2 Å². The zero-order valence-corrected chi connectivity index (χ0v) is 11.1. The molecule has 1 aliphatic carbocycles. The van der Waals surface area contributed by atoms with E-state index in [2.05, 4.69) is 0 Å². The van der Waals surface area contributed by atoms with Gasteiger partial charge in [0.2, 0.25) is 0 Å². The Bertz CT molecular complexity index is 444. The van der Waals surface area contributed by atoms with E-state index in [1.165, 1.54) is 12.8 Å². The van der Waals surface area contributed by atoms with Crippen LogP contribution in [0.15, 0.2) is 24.3 Å². The highest BCUT2D eigenvalue weighted by Gasteiger charge is 2.57. The van der Waals surface area contributed by atoms with Gasteiger partial charge in [-0.3, -0.25) is 4.79 Å². The van der Waals surface area contributed by atoms with Crippen molar-refractivity contribution < 1.29 is 9.53 Å². The van der Waals surface area contributed by atoms with Gasteiger partial charge >= 0.3 is 5.97 Å². The van der Waals surface area contributed by atoms with E-state index in [0.717, 1.165) is 36.3 Å². The summed E-state index contributed by atoms with van der Waals surface area (Å²) in [4.78, 5) is 12.0. The highest BCUT2D eigenvalue weighted by Crippen LogP contribution is 2.55. The Morgan fingerprint density at radius 3 is 2.22 bits per heavy atom. The summed E-state index contributed by atoms with van der Waals surface area (Å²) >= 11 is 5.90. The molecule has 1 saturated carbocycles. The zero-order valence-electron chi connectivity index (χ0n) is 10.3. The van der Waals surface area contributed by atoms with Crippen LogP contribution in [0.3, 0.4) is 0 Å². The first-order valence-corrected chi connectivity index (χ1v) is 7.07. The van der Waals surface area contributed by atoms with Gasteiger partial charge in [-0.1, -0.05) is 49.4 Å². The summed E-state index contributed by atoms with van der Waals surface area (Å²) in [5.74, 6) is 0.00403. The van der Waals surface area contributed by atoms with Crippen LogP contribution in [-0.4, -0.2) is 5.97 Å². The zero-order chi connectivity index (χ0) is 12.6. The highest BCUT2D eigenvalue weighted by molar-refractivity contribution is 6.30. The minimum Gasteiger partial charge on any atom is -0.456 e. The van der Waals surface area contributed by atoms with Gasteiger partial charge in [-0.2, -0.15) is 0 Å². The van der Waals surface area contributed by atoms with Crippen LogP contribution in [0.2, 0.25) is 5.02 Å². The fourth-order valence-corrected chi connectivity index (χ4v) is 3.36. The molecule has 0 aromatic heterocycles. The third-order valence-corrected chi connectivity index (χ3v) is 4.55. The lowest BCUT2D eigenvalue weighted by molar-refractivity contribution is -0.211. The van der Waals surface area contributed by atoms with Crippen LogP contribution in [0.25, 0.3) is 0 Å².